The highest BCUT2D eigenvalue weighted by Crippen LogP contribution is 2.49. The Labute approximate surface area is 194 Å². The Balaban J connectivity index is 2.46. The van der Waals surface area contributed by atoms with Crippen molar-refractivity contribution >= 4 is 11.8 Å². The molecule has 0 aliphatic carbocycles. The maximum atomic E-state index is 10.8. The molecular formula is C28H42O2S. The maximum absolute atomic E-state index is 10.8. The van der Waals surface area contributed by atoms with Gasteiger partial charge in [-0.2, -0.15) is 0 Å². The third kappa shape index (κ3) is 6.68. The lowest BCUT2D eigenvalue weighted by Crippen LogP contribution is -2.19. The van der Waals surface area contributed by atoms with E-state index in [0.29, 0.717) is 11.5 Å². The summed E-state index contributed by atoms with van der Waals surface area (Å²) >= 11 is 1.53. The first-order valence-electron chi connectivity index (χ1n) is 12.0. The zero-order chi connectivity index (χ0) is 23.1. The summed E-state index contributed by atoms with van der Waals surface area (Å²) in [7, 11) is 0. The van der Waals surface area contributed by atoms with Crippen molar-refractivity contribution in [3.63, 3.8) is 0 Å². The first-order valence-corrected chi connectivity index (χ1v) is 12.8. The minimum absolute atomic E-state index is 0.0442. The van der Waals surface area contributed by atoms with Gasteiger partial charge >= 0.3 is 0 Å². The molecule has 172 valence electrons. The van der Waals surface area contributed by atoms with Crippen LogP contribution in [0.2, 0.25) is 0 Å². The normalized spacial score (nSPS) is 12.3. The second kappa shape index (κ2) is 11.3. The summed E-state index contributed by atoms with van der Waals surface area (Å²) in [6.07, 6.45) is 9.35. The fourth-order valence-electron chi connectivity index (χ4n) is 4.34. The molecular weight excluding hydrogens is 400 g/mol. The van der Waals surface area contributed by atoms with E-state index in [1.165, 1.54) is 50.3 Å². The van der Waals surface area contributed by atoms with E-state index in [1.807, 2.05) is 12.1 Å². The van der Waals surface area contributed by atoms with E-state index in [0.717, 1.165) is 33.8 Å². The van der Waals surface area contributed by atoms with Gasteiger partial charge in [0.2, 0.25) is 0 Å². The average molecular weight is 443 g/mol. The highest BCUT2D eigenvalue weighted by atomic mass is 32.2. The van der Waals surface area contributed by atoms with Gasteiger partial charge in [-0.3, -0.25) is 0 Å². The van der Waals surface area contributed by atoms with Gasteiger partial charge in [-0.1, -0.05) is 116 Å². The molecule has 0 aliphatic rings. The molecule has 2 rings (SSSR count). The maximum Gasteiger partial charge on any atom is 0.129 e. The third-order valence-electron chi connectivity index (χ3n) is 6.46. The first kappa shape index (κ1) is 25.6. The van der Waals surface area contributed by atoms with Gasteiger partial charge in [-0.25, -0.2) is 0 Å². The van der Waals surface area contributed by atoms with Crippen molar-refractivity contribution in [3.05, 3.63) is 47.5 Å². The minimum atomic E-state index is -0.0442. The second-order valence-corrected chi connectivity index (χ2v) is 11.1. The van der Waals surface area contributed by atoms with E-state index in [1.54, 1.807) is 12.1 Å². The first-order chi connectivity index (χ1) is 14.6. The van der Waals surface area contributed by atoms with Gasteiger partial charge in [0, 0.05) is 0 Å². The largest absolute Gasteiger partial charge is 0.507 e. The smallest absolute Gasteiger partial charge is 0.129 e. The molecule has 0 saturated carbocycles. The lowest BCUT2D eigenvalue weighted by Gasteiger charge is -2.30. The van der Waals surface area contributed by atoms with Crippen molar-refractivity contribution < 1.29 is 10.2 Å². The number of unbranched alkanes of at least 4 members (excludes halogenated alkanes) is 4. The van der Waals surface area contributed by atoms with Crippen molar-refractivity contribution in [3.8, 4) is 11.5 Å². The van der Waals surface area contributed by atoms with Crippen LogP contribution in [0.3, 0.4) is 0 Å². The van der Waals surface area contributed by atoms with Crippen LogP contribution in [0.5, 0.6) is 11.5 Å². The van der Waals surface area contributed by atoms with Crippen LogP contribution in [0.1, 0.15) is 104 Å². The Kier molecular flexibility index (Phi) is 9.36. The number of aromatic hydroxyl groups is 2. The lowest BCUT2D eigenvalue weighted by molar-refractivity contribution is 0.421. The van der Waals surface area contributed by atoms with Gasteiger partial charge in [0.05, 0.1) is 9.79 Å². The number of hydrogen-bond donors (Lipinski definition) is 2. The fourth-order valence-corrected chi connectivity index (χ4v) is 5.79. The molecule has 2 nitrogen and oxygen atoms in total. The van der Waals surface area contributed by atoms with Gasteiger partial charge < -0.3 is 10.2 Å². The molecule has 0 unspecified atom stereocenters. The van der Waals surface area contributed by atoms with E-state index in [9.17, 15) is 10.2 Å². The topological polar surface area (TPSA) is 40.5 Å². The zero-order valence-corrected chi connectivity index (χ0v) is 21.2. The average Bonchev–Trinajstić information content (AvgIpc) is 2.70. The number of phenols is 2. The Morgan fingerprint density at radius 3 is 1.39 bits per heavy atom. The van der Waals surface area contributed by atoms with Crippen LogP contribution in [-0.4, -0.2) is 10.2 Å². The van der Waals surface area contributed by atoms with Crippen molar-refractivity contribution in [2.24, 2.45) is 0 Å². The molecule has 31 heavy (non-hydrogen) atoms. The van der Waals surface area contributed by atoms with Crippen molar-refractivity contribution in [1.82, 2.24) is 0 Å². The Morgan fingerprint density at radius 1 is 0.645 bits per heavy atom. The quantitative estimate of drug-likeness (QED) is 0.322. The Bertz CT molecular complexity index is 769. The highest BCUT2D eigenvalue weighted by molar-refractivity contribution is 7.99. The van der Waals surface area contributed by atoms with Crippen LogP contribution in [0.15, 0.2) is 46.2 Å². The van der Waals surface area contributed by atoms with E-state index < -0.39 is 0 Å². The molecule has 0 amide bonds. The highest BCUT2D eigenvalue weighted by Gasteiger charge is 2.29. The van der Waals surface area contributed by atoms with E-state index in [2.05, 4.69) is 53.7 Å². The summed E-state index contributed by atoms with van der Waals surface area (Å²) in [5, 5.41) is 21.7. The Hall–Kier alpha value is -1.61. The molecule has 2 aromatic carbocycles. The second-order valence-electron chi connectivity index (χ2n) is 10.1. The molecule has 2 N–H and O–H groups in total. The molecule has 0 radical (unpaired) electrons. The third-order valence-corrected chi connectivity index (χ3v) is 7.73. The zero-order valence-electron chi connectivity index (χ0n) is 20.4. The summed E-state index contributed by atoms with van der Waals surface area (Å²) < 4.78 is 0. The number of benzene rings is 2. The summed E-state index contributed by atoms with van der Waals surface area (Å²) in [4.78, 5) is 1.74. The molecule has 0 saturated heterocycles. The summed E-state index contributed by atoms with van der Waals surface area (Å²) in [6, 6.07) is 11.7. The van der Waals surface area contributed by atoms with E-state index >= 15 is 0 Å². The SMILES string of the molecule is CCCCCC(C)(C)c1cccc(O)c1Sc1c(O)cccc1C(C)(C)CCCCC. The predicted molar refractivity (Wildman–Crippen MR) is 135 cm³/mol. The summed E-state index contributed by atoms with van der Waals surface area (Å²) in [6.45, 7) is 13.5. The van der Waals surface area contributed by atoms with Crippen molar-refractivity contribution in [1.29, 1.82) is 0 Å². The molecule has 0 aromatic heterocycles. The van der Waals surface area contributed by atoms with Crippen molar-refractivity contribution in [2.45, 2.75) is 114 Å². The summed E-state index contributed by atoms with van der Waals surface area (Å²) in [5.74, 6) is 0.591. The van der Waals surface area contributed by atoms with Gasteiger partial charge in [-0.05, 0) is 46.9 Å². The molecule has 0 bridgehead atoms. The minimum Gasteiger partial charge on any atom is -0.507 e. The Morgan fingerprint density at radius 2 is 1.03 bits per heavy atom. The summed E-state index contributed by atoms with van der Waals surface area (Å²) in [5.41, 5.74) is 2.23. The van der Waals surface area contributed by atoms with Crippen LogP contribution >= 0.6 is 11.8 Å². The number of hydrogen-bond acceptors (Lipinski definition) is 3. The van der Waals surface area contributed by atoms with Gasteiger partial charge in [-0.15, -0.1) is 0 Å². The van der Waals surface area contributed by atoms with Crippen LogP contribution < -0.4 is 0 Å². The van der Waals surface area contributed by atoms with Crippen LogP contribution in [-0.2, 0) is 10.8 Å². The fraction of sp³-hybridized carbons (Fsp3) is 0.571. The van der Waals surface area contributed by atoms with Crippen LogP contribution in [0.4, 0.5) is 0 Å². The lowest BCUT2D eigenvalue weighted by atomic mass is 9.79. The molecule has 0 fully saturated rings. The molecule has 0 atom stereocenters. The standard InChI is InChI=1S/C28H42O2S/c1-7-9-11-19-27(3,4)21-15-13-17-23(29)25(21)31-26-22(16-14-18-24(26)30)28(5,6)20-12-10-8-2/h13-18,29-30H,7-12,19-20H2,1-6H3. The number of phenolic OH excluding ortho intramolecular Hbond substituents is 2. The van der Waals surface area contributed by atoms with Crippen LogP contribution in [0, 0.1) is 0 Å². The monoisotopic (exact) mass is 442 g/mol. The molecule has 0 aliphatic heterocycles. The van der Waals surface area contributed by atoms with E-state index in [4.69, 9.17) is 0 Å². The van der Waals surface area contributed by atoms with Gasteiger partial charge in [0.1, 0.15) is 11.5 Å². The molecule has 2 aromatic rings. The van der Waals surface area contributed by atoms with Gasteiger partial charge in [0.25, 0.3) is 0 Å². The van der Waals surface area contributed by atoms with Crippen LogP contribution in [0.25, 0.3) is 0 Å². The molecule has 3 heteroatoms. The number of rotatable bonds is 12. The predicted octanol–water partition coefficient (Wildman–Crippen LogP) is 8.96. The van der Waals surface area contributed by atoms with Gasteiger partial charge in [0.15, 0.2) is 0 Å². The van der Waals surface area contributed by atoms with E-state index in [-0.39, 0.29) is 10.8 Å². The molecule has 0 heterocycles. The van der Waals surface area contributed by atoms with Crippen molar-refractivity contribution in [2.75, 3.05) is 0 Å². The molecule has 0 spiro atoms.